The number of amides is 1. The molecule has 0 saturated carbocycles. The van der Waals surface area contributed by atoms with E-state index in [1.165, 1.54) is 0 Å². The number of rotatable bonds is 3. The number of nitrogens with zero attached hydrogens (tertiary/aromatic N) is 2. The van der Waals surface area contributed by atoms with Crippen LogP contribution in [0.2, 0.25) is 0 Å². The van der Waals surface area contributed by atoms with E-state index in [0.29, 0.717) is 11.4 Å². The summed E-state index contributed by atoms with van der Waals surface area (Å²) >= 11 is 0. The first-order valence-corrected chi connectivity index (χ1v) is 4.88. The molecular weight excluding hydrogens is 206 g/mol. The third-order valence-corrected chi connectivity index (χ3v) is 2.13. The Bertz CT molecular complexity index is 479. The van der Waals surface area contributed by atoms with Crippen LogP contribution in [0.15, 0.2) is 35.0 Å². The number of para-hydroxylation sites is 1. The molecule has 0 atom stereocenters. The Morgan fingerprint density at radius 3 is 2.69 bits per heavy atom. The maximum Gasteiger partial charge on any atom is 0.230 e. The average molecular weight is 217 g/mol. The molecule has 1 N–H and O–H groups in total. The quantitative estimate of drug-likeness (QED) is 0.847. The second kappa shape index (κ2) is 4.57. The standard InChI is InChI=1S/C11H11N3O2/c1-8-10(14-16-13-8)7-11(15)12-9-5-3-2-4-6-9/h2-6H,7H2,1H3,(H,12,15). The van der Waals surface area contributed by atoms with Crippen LogP contribution in [0.5, 0.6) is 0 Å². The lowest BCUT2D eigenvalue weighted by Gasteiger charge is -2.02. The second-order valence-electron chi connectivity index (χ2n) is 3.39. The van der Waals surface area contributed by atoms with Crippen LogP contribution in [-0.2, 0) is 11.2 Å². The van der Waals surface area contributed by atoms with Gasteiger partial charge >= 0.3 is 0 Å². The van der Waals surface area contributed by atoms with Gasteiger partial charge in [0.2, 0.25) is 5.91 Å². The molecule has 0 spiro atoms. The first kappa shape index (κ1) is 10.4. The Kier molecular flexibility index (Phi) is 2.95. The minimum Gasteiger partial charge on any atom is -0.326 e. The molecule has 82 valence electrons. The zero-order valence-corrected chi connectivity index (χ0v) is 8.80. The third-order valence-electron chi connectivity index (χ3n) is 2.13. The van der Waals surface area contributed by atoms with Crippen molar-refractivity contribution in [3.05, 3.63) is 41.7 Å². The van der Waals surface area contributed by atoms with Crippen molar-refractivity contribution < 1.29 is 9.42 Å². The number of hydrogen-bond donors (Lipinski definition) is 1. The lowest BCUT2D eigenvalue weighted by Crippen LogP contribution is -2.15. The van der Waals surface area contributed by atoms with Gasteiger partial charge in [0.25, 0.3) is 0 Å². The predicted molar refractivity (Wildman–Crippen MR) is 57.8 cm³/mol. The molecule has 2 rings (SSSR count). The maximum atomic E-state index is 11.6. The lowest BCUT2D eigenvalue weighted by atomic mass is 10.2. The average Bonchev–Trinajstić information content (AvgIpc) is 2.66. The van der Waals surface area contributed by atoms with Crippen LogP contribution >= 0.6 is 0 Å². The molecule has 0 fully saturated rings. The molecule has 1 aromatic heterocycles. The molecule has 0 unspecified atom stereocenters. The second-order valence-corrected chi connectivity index (χ2v) is 3.39. The topological polar surface area (TPSA) is 68.0 Å². The van der Waals surface area contributed by atoms with Crippen molar-refractivity contribution in [3.63, 3.8) is 0 Å². The van der Waals surface area contributed by atoms with Gasteiger partial charge < -0.3 is 5.32 Å². The molecule has 0 aliphatic heterocycles. The zero-order valence-electron chi connectivity index (χ0n) is 8.80. The summed E-state index contributed by atoms with van der Waals surface area (Å²) in [5, 5.41) is 10.0. The summed E-state index contributed by atoms with van der Waals surface area (Å²) in [5.41, 5.74) is 1.97. The van der Waals surface area contributed by atoms with Gasteiger partial charge in [0, 0.05) is 5.69 Å². The summed E-state index contributed by atoms with van der Waals surface area (Å²) < 4.78 is 4.52. The van der Waals surface area contributed by atoms with Gasteiger partial charge in [-0.3, -0.25) is 4.79 Å². The van der Waals surface area contributed by atoms with Crippen LogP contribution in [0.25, 0.3) is 0 Å². The van der Waals surface area contributed by atoms with Crippen molar-refractivity contribution in [1.29, 1.82) is 0 Å². The number of anilines is 1. The SMILES string of the molecule is Cc1nonc1CC(=O)Nc1ccccc1. The van der Waals surface area contributed by atoms with Gasteiger partial charge in [-0.2, -0.15) is 0 Å². The van der Waals surface area contributed by atoms with Gasteiger partial charge in [0.15, 0.2) is 0 Å². The lowest BCUT2D eigenvalue weighted by molar-refractivity contribution is -0.115. The van der Waals surface area contributed by atoms with Gasteiger partial charge in [0.1, 0.15) is 11.4 Å². The van der Waals surface area contributed by atoms with Gasteiger partial charge in [-0.1, -0.05) is 28.5 Å². The summed E-state index contributed by atoms with van der Waals surface area (Å²) in [4.78, 5) is 11.6. The van der Waals surface area contributed by atoms with Gasteiger partial charge in [0.05, 0.1) is 6.42 Å². The summed E-state index contributed by atoms with van der Waals surface area (Å²) in [6, 6.07) is 9.26. The van der Waals surface area contributed by atoms with Crippen molar-refractivity contribution in [1.82, 2.24) is 10.3 Å². The molecule has 0 radical (unpaired) electrons. The highest BCUT2D eigenvalue weighted by atomic mass is 16.6. The molecule has 2 aromatic rings. The number of aromatic nitrogens is 2. The predicted octanol–water partition coefficient (Wildman–Crippen LogP) is 1.56. The fourth-order valence-corrected chi connectivity index (χ4v) is 1.29. The van der Waals surface area contributed by atoms with Crippen molar-refractivity contribution in [2.75, 3.05) is 5.32 Å². The van der Waals surface area contributed by atoms with Crippen LogP contribution in [0.4, 0.5) is 5.69 Å². The zero-order chi connectivity index (χ0) is 11.4. The molecule has 5 nitrogen and oxygen atoms in total. The minimum atomic E-state index is -0.134. The van der Waals surface area contributed by atoms with E-state index in [9.17, 15) is 4.79 Å². The van der Waals surface area contributed by atoms with E-state index < -0.39 is 0 Å². The van der Waals surface area contributed by atoms with Gasteiger partial charge in [-0.15, -0.1) is 0 Å². The Morgan fingerprint density at radius 1 is 1.31 bits per heavy atom. The van der Waals surface area contributed by atoms with Gasteiger partial charge in [-0.25, -0.2) is 4.63 Å². The number of hydrogen-bond acceptors (Lipinski definition) is 4. The number of aryl methyl sites for hydroxylation is 1. The van der Waals surface area contributed by atoms with E-state index in [0.717, 1.165) is 5.69 Å². The molecule has 5 heteroatoms. The minimum absolute atomic E-state index is 0.134. The van der Waals surface area contributed by atoms with E-state index in [1.54, 1.807) is 6.92 Å². The Morgan fingerprint density at radius 2 is 2.06 bits per heavy atom. The van der Waals surface area contributed by atoms with Crippen LogP contribution in [0, 0.1) is 6.92 Å². The molecule has 0 aliphatic carbocycles. The number of carbonyl (C=O) groups excluding carboxylic acids is 1. The Labute approximate surface area is 92.4 Å². The van der Waals surface area contributed by atoms with Gasteiger partial charge in [-0.05, 0) is 19.1 Å². The van der Waals surface area contributed by atoms with E-state index in [-0.39, 0.29) is 12.3 Å². The van der Waals surface area contributed by atoms with Crippen LogP contribution in [-0.4, -0.2) is 16.2 Å². The number of benzene rings is 1. The summed E-state index contributed by atoms with van der Waals surface area (Å²) in [5.74, 6) is -0.134. The van der Waals surface area contributed by atoms with Crippen molar-refractivity contribution in [2.24, 2.45) is 0 Å². The first-order valence-electron chi connectivity index (χ1n) is 4.88. The molecule has 0 aliphatic rings. The fraction of sp³-hybridized carbons (Fsp3) is 0.182. The van der Waals surface area contributed by atoms with Crippen LogP contribution in [0.3, 0.4) is 0 Å². The van der Waals surface area contributed by atoms with E-state index in [1.807, 2.05) is 30.3 Å². The normalized spacial score (nSPS) is 10.1. The summed E-state index contributed by atoms with van der Waals surface area (Å²) in [6.07, 6.45) is 0.171. The monoisotopic (exact) mass is 217 g/mol. The largest absolute Gasteiger partial charge is 0.326 e. The summed E-state index contributed by atoms with van der Waals surface area (Å²) in [7, 11) is 0. The summed E-state index contributed by atoms with van der Waals surface area (Å²) in [6.45, 7) is 1.75. The highest BCUT2D eigenvalue weighted by Crippen LogP contribution is 2.07. The molecule has 16 heavy (non-hydrogen) atoms. The van der Waals surface area contributed by atoms with Crippen molar-refractivity contribution >= 4 is 11.6 Å². The molecule has 0 saturated heterocycles. The maximum absolute atomic E-state index is 11.6. The number of nitrogens with one attached hydrogen (secondary N) is 1. The molecule has 1 aromatic carbocycles. The van der Waals surface area contributed by atoms with E-state index >= 15 is 0 Å². The van der Waals surface area contributed by atoms with E-state index in [2.05, 4.69) is 20.3 Å². The fourth-order valence-electron chi connectivity index (χ4n) is 1.29. The highest BCUT2D eigenvalue weighted by Gasteiger charge is 2.10. The molecule has 0 bridgehead atoms. The van der Waals surface area contributed by atoms with Crippen LogP contribution in [0.1, 0.15) is 11.4 Å². The third kappa shape index (κ3) is 2.44. The van der Waals surface area contributed by atoms with Crippen molar-refractivity contribution in [2.45, 2.75) is 13.3 Å². The Balaban J connectivity index is 1.98. The molecule has 1 amide bonds. The van der Waals surface area contributed by atoms with Crippen molar-refractivity contribution in [3.8, 4) is 0 Å². The van der Waals surface area contributed by atoms with E-state index in [4.69, 9.17) is 0 Å². The smallest absolute Gasteiger partial charge is 0.230 e. The molecular formula is C11H11N3O2. The first-order chi connectivity index (χ1) is 7.75. The Hall–Kier alpha value is -2.17. The molecule has 1 heterocycles. The van der Waals surface area contributed by atoms with Crippen LogP contribution < -0.4 is 5.32 Å². The highest BCUT2D eigenvalue weighted by molar-refractivity contribution is 5.92. The number of carbonyl (C=O) groups is 1.